The van der Waals surface area contributed by atoms with Crippen molar-refractivity contribution in [1.29, 1.82) is 0 Å². The summed E-state index contributed by atoms with van der Waals surface area (Å²) in [6.45, 7) is 6.48. The summed E-state index contributed by atoms with van der Waals surface area (Å²) >= 11 is 0. The molecule has 0 spiro atoms. The van der Waals surface area contributed by atoms with Crippen molar-refractivity contribution in [2.45, 2.75) is 26.9 Å². The molecule has 96 valence electrons. The van der Waals surface area contributed by atoms with Crippen molar-refractivity contribution in [3.63, 3.8) is 0 Å². The minimum Gasteiger partial charge on any atom is -0.448 e. The number of aromatic nitrogens is 3. The molecular weight excluding hydrogens is 222 g/mol. The molecule has 1 amide bonds. The van der Waals surface area contributed by atoms with Gasteiger partial charge in [-0.3, -0.25) is 0 Å². The van der Waals surface area contributed by atoms with Crippen molar-refractivity contribution >= 4 is 6.09 Å². The van der Waals surface area contributed by atoms with Gasteiger partial charge in [0.15, 0.2) is 0 Å². The van der Waals surface area contributed by atoms with E-state index >= 15 is 0 Å². The Bertz CT molecular complexity index is 350. The molecule has 7 heteroatoms. The van der Waals surface area contributed by atoms with E-state index in [1.165, 1.54) is 0 Å². The molecule has 0 aliphatic carbocycles. The second-order valence-electron chi connectivity index (χ2n) is 4.10. The van der Waals surface area contributed by atoms with E-state index in [0.29, 0.717) is 19.0 Å². The van der Waals surface area contributed by atoms with Gasteiger partial charge in [-0.15, -0.1) is 0 Å². The summed E-state index contributed by atoms with van der Waals surface area (Å²) in [4.78, 5) is 14.5. The van der Waals surface area contributed by atoms with Crippen molar-refractivity contribution in [2.24, 2.45) is 11.7 Å². The molecule has 0 unspecified atom stereocenters. The van der Waals surface area contributed by atoms with Crippen LogP contribution in [0.15, 0.2) is 6.33 Å². The van der Waals surface area contributed by atoms with Crippen LogP contribution in [0.4, 0.5) is 4.79 Å². The van der Waals surface area contributed by atoms with Crippen LogP contribution in [0.3, 0.4) is 0 Å². The van der Waals surface area contributed by atoms with Gasteiger partial charge in [0, 0.05) is 13.1 Å². The first-order valence-corrected chi connectivity index (χ1v) is 5.59. The third-order valence-electron chi connectivity index (χ3n) is 2.04. The molecule has 0 saturated carbocycles. The number of primary amides is 1. The fraction of sp³-hybridized carbons (Fsp3) is 0.700. The van der Waals surface area contributed by atoms with Crippen LogP contribution in [0.25, 0.3) is 0 Å². The lowest BCUT2D eigenvalue weighted by Crippen LogP contribution is -2.25. The maximum absolute atomic E-state index is 10.3. The van der Waals surface area contributed by atoms with E-state index in [0.717, 1.165) is 12.4 Å². The zero-order valence-corrected chi connectivity index (χ0v) is 10.2. The molecule has 0 radical (unpaired) electrons. The van der Waals surface area contributed by atoms with Gasteiger partial charge in [-0.05, 0) is 5.92 Å². The normalized spacial score (nSPS) is 10.8. The zero-order chi connectivity index (χ0) is 12.7. The lowest BCUT2D eigenvalue weighted by molar-refractivity contribution is 0.157. The Hall–Kier alpha value is -1.63. The van der Waals surface area contributed by atoms with Crippen molar-refractivity contribution in [1.82, 2.24) is 20.1 Å². The second-order valence-corrected chi connectivity index (χ2v) is 4.10. The third kappa shape index (κ3) is 5.30. The number of nitrogens with zero attached hydrogens (tertiary/aromatic N) is 3. The third-order valence-corrected chi connectivity index (χ3v) is 2.04. The molecule has 0 atom stereocenters. The quantitative estimate of drug-likeness (QED) is 0.661. The number of nitrogens with two attached hydrogens (primary N) is 1. The molecular formula is C10H19N5O2. The standard InChI is InChI=1S/C10H19N5O2/c1-8(2)6-15-9(13-7-14-15)5-12-3-4-17-10(11)16/h7-8,12H,3-6H2,1-2H3,(H2,11,16). The maximum atomic E-state index is 10.3. The summed E-state index contributed by atoms with van der Waals surface area (Å²) in [5.41, 5.74) is 4.83. The average Bonchev–Trinajstić information content (AvgIpc) is 2.64. The minimum atomic E-state index is -0.755. The van der Waals surface area contributed by atoms with Crippen molar-refractivity contribution in [3.8, 4) is 0 Å². The Morgan fingerprint density at radius 2 is 2.41 bits per heavy atom. The van der Waals surface area contributed by atoms with Crippen molar-refractivity contribution in [2.75, 3.05) is 13.2 Å². The Morgan fingerprint density at radius 3 is 3.06 bits per heavy atom. The summed E-state index contributed by atoms with van der Waals surface area (Å²) in [7, 11) is 0. The van der Waals surface area contributed by atoms with Crippen molar-refractivity contribution in [3.05, 3.63) is 12.2 Å². The van der Waals surface area contributed by atoms with Gasteiger partial charge < -0.3 is 15.8 Å². The fourth-order valence-corrected chi connectivity index (χ4v) is 1.35. The van der Waals surface area contributed by atoms with Crippen LogP contribution in [-0.4, -0.2) is 34.0 Å². The first kappa shape index (κ1) is 13.4. The zero-order valence-electron chi connectivity index (χ0n) is 10.2. The van der Waals surface area contributed by atoms with Gasteiger partial charge in [0.25, 0.3) is 0 Å². The summed E-state index contributed by atoms with van der Waals surface area (Å²) < 4.78 is 6.46. The van der Waals surface area contributed by atoms with Gasteiger partial charge in [0.05, 0.1) is 6.54 Å². The number of carbonyl (C=O) groups excluding carboxylic acids is 1. The van der Waals surface area contributed by atoms with E-state index in [4.69, 9.17) is 5.73 Å². The minimum absolute atomic E-state index is 0.258. The second kappa shape index (κ2) is 6.85. The lowest BCUT2D eigenvalue weighted by atomic mass is 10.2. The number of ether oxygens (including phenoxy) is 1. The number of carbonyl (C=O) groups is 1. The first-order valence-electron chi connectivity index (χ1n) is 5.59. The Morgan fingerprint density at radius 1 is 1.65 bits per heavy atom. The Kier molecular flexibility index (Phi) is 5.41. The predicted octanol–water partition coefficient (Wildman–Crippen LogP) is 0.119. The Balaban J connectivity index is 2.26. The van der Waals surface area contributed by atoms with Crippen molar-refractivity contribution < 1.29 is 9.53 Å². The van der Waals surface area contributed by atoms with Gasteiger partial charge in [-0.1, -0.05) is 13.8 Å². The number of amides is 1. The van der Waals surface area contributed by atoms with E-state index in [1.54, 1.807) is 6.33 Å². The summed E-state index contributed by atoms with van der Waals surface area (Å²) in [5.74, 6) is 1.39. The molecule has 0 bridgehead atoms. The van der Waals surface area contributed by atoms with E-state index in [1.807, 2.05) is 4.68 Å². The van der Waals surface area contributed by atoms with Gasteiger partial charge in [-0.25, -0.2) is 14.5 Å². The molecule has 1 heterocycles. The number of hydrogen-bond acceptors (Lipinski definition) is 5. The van der Waals surface area contributed by atoms with E-state index in [9.17, 15) is 4.79 Å². The topological polar surface area (TPSA) is 95.1 Å². The van der Waals surface area contributed by atoms with Crippen LogP contribution in [0.1, 0.15) is 19.7 Å². The van der Waals surface area contributed by atoms with E-state index < -0.39 is 6.09 Å². The van der Waals surface area contributed by atoms with Crippen LogP contribution in [-0.2, 0) is 17.8 Å². The van der Waals surface area contributed by atoms with E-state index in [2.05, 4.69) is 34.0 Å². The van der Waals surface area contributed by atoms with Crippen LogP contribution in [0, 0.1) is 5.92 Å². The maximum Gasteiger partial charge on any atom is 0.404 e. The summed E-state index contributed by atoms with van der Waals surface area (Å²) in [5, 5.41) is 7.24. The summed E-state index contributed by atoms with van der Waals surface area (Å²) in [6, 6.07) is 0. The number of hydrogen-bond donors (Lipinski definition) is 2. The molecule has 0 aliphatic heterocycles. The highest BCUT2D eigenvalue weighted by atomic mass is 16.5. The number of nitrogens with one attached hydrogen (secondary N) is 1. The highest BCUT2D eigenvalue weighted by molar-refractivity contribution is 5.64. The number of rotatable bonds is 7. The van der Waals surface area contributed by atoms with Crippen LogP contribution >= 0.6 is 0 Å². The molecule has 3 N–H and O–H groups in total. The molecule has 1 aromatic heterocycles. The lowest BCUT2D eigenvalue weighted by Gasteiger charge is -2.09. The molecule has 7 nitrogen and oxygen atoms in total. The highest BCUT2D eigenvalue weighted by Crippen LogP contribution is 2.00. The molecule has 17 heavy (non-hydrogen) atoms. The Labute approximate surface area is 100 Å². The molecule has 0 fully saturated rings. The first-order chi connectivity index (χ1) is 8.09. The van der Waals surface area contributed by atoms with E-state index in [-0.39, 0.29) is 6.61 Å². The van der Waals surface area contributed by atoms with Crippen LogP contribution < -0.4 is 11.1 Å². The smallest absolute Gasteiger partial charge is 0.404 e. The average molecular weight is 241 g/mol. The highest BCUT2D eigenvalue weighted by Gasteiger charge is 2.05. The largest absolute Gasteiger partial charge is 0.448 e. The SMILES string of the molecule is CC(C)Cn1ncnc1CNCCOC(N)=O. The van der Waals surface area contributed by atoms with Gasteiger partial charge in [0.2, 0.25) is 0 Å². The molecule has 1 aromatic rings. The molecule has 0 aliphatic rings. The summed E-state index contributed by atoms with van der Waals surface area (Å²) in [6.07, 6.45) is 0.786. The molecule has 0 saturated heterocycles. The van der Waals surface area contributed by atoms with Gasteiger partial charge in [0.1, 0.15) is 18.8 Å². The van der Waals surface area contributed by atoms with Gasteiger partial charge in [-0.2, -0.15) is 5.10 Å². The fourth-order valence-electron chi connectivity index (χ4n) is 1.35. The van der Waals surface area contributed by atoms with Gasteiger partial charge >= 0.3 is 6.09 Å². The van der Waals surface area contributed by atoms with Crippen LogP contribution in [0.2, 0.25) is 0 Å². The molecule has 1 rings (SSSR count). The van der Waals surface area contributed by atoms with Crippen LogP contribution in [0.5, 0.6) is 0 Å². The predicted molar refractivity (Wildman–Crippen MR) is 62.1 cm³/mol. The molecule has 0 aromatic carbocycles. The monoisotopic (exact) mass is 241 g/mol.